The molecular formula is C9H12N2OS2. The predicted octanol–water partition coefficient (Wildman–Crippen LogP) is 1.52. The van der Waals surface area contributed by atoms with Crippen LogP contribution in [0.4, 0.5) is 5.69 Å². The second-order valence-electron chi connectivity index (χ2n) is 3.15. The quantitative estimate of drug-likeness (QED) is 0.792. The van der Waals surface area contributed by atoms with Crippen LogP contribution in [0, 0.1) is 0 Å². The molecule has 0 radical (unpaired) electrons. The molecule has 5 heteroatoms. The van der Waals surface area contributed by atoms with Gasteiger partial charge < -0.3 is 10.6 Å². The maximum absolute atomic E-state index is 11.9. The second-order valence-corrected chi connectivity index (χ2v) is 5.28. The third-order valence-electron chi connectivity index (χ3n) is 2.13. The third-order valence-corrected chi connectivity index (χ3v) is 4.01. The van der Waals surface area contributed by atoms with Gasteiger partial charge in [-0.1, -0.05) is 0 Å². The Kier molecular flexibility index (Phi) is 2.98. The number of nitrogens with zero attached hydrogens (tertiary/aromatic N) is 1. The fraction of sp³-hybridized carbons (Fsp3) is 0.444. The fourth-order valence-corrected chi connectivity index (χ4v) is 3.05. The Morgan fingerprint density at radius 1 is 1.43 bits per heavy atom. The van der Waals surface area contributed by atoms with Crippen molar-refractivity contribution in [2.45, 2.75) is 0 Å². The lowest BCUT2D eigenvalue weighted by atomic mass is 10.3. The van der Waals surface area contributed by atoms with Crippen LogP contribution in [-0.2, 0) is 0 Å². The van der Waals surface area contributed by atoms with Gasteiger partial charge in [-0.15, -0.1) is 11.3 Å². The molecule has 1 aliphatic rings. The number of carbonyl (C=O) groups is 1. The van der Waals surface area contributed by atoms with Gasteiger partial charge in [0.1, 0.15) is 0 Å². The molecule has 0 aromatic carbocycles. The second kappa shape index (κ2) is 4.23. The number of thiophene rings is 1. The normalized spacial score (nSPS) is 17.0. The SMILES string of the molecule is Nc1csc(C(=O)N2CCSCC2)c1. The predicted molar refractivity (Wildman–Crippen MR) is 62.0 cm³/mol. The number of hydrogen-bond donors (Lipinski definition) is 1. The van der Waals surface area contributed by atoms with Gasteiger partial charge >= 0.3 is 0 Å². The van der Waals surface area contributed by atoms with Crippen molar-refractivity contribution < 1.29 is 4.79 Å². The minimum absolute atomic E-state index is 0.131. The highest BCUT2D eigenvalue weighted by atomic mass is 32.2. The van der Waals surface area contributed by atoms with E-state index < -0.39 is 0 Å². The van der Waals surface area contributed by atoms with Gasteiger partial charge in [-0.3, -0.25) is 4.79 Å². The van der Waals surface area contributed by atoms with Crippen LogP contribution in [0.1, 0.15) is 9.67 Å². The molecule has 1 fully saturated rings. The van der Waals surface area contributed by atoms with E-state index in [0.717, 1.165) is 29.5 Å². The van der Waals surface area contributed by atoms with Gasteiger partial charge in [0, 0.05) is 35.7 Å². The molecule has 14 heavy (non-hydrogen) atoms. The maximum Gasteiger partial charge on any atom is 0.264 e. The lowest BCUT2D eigenvalue weighted by Crippen LogP contribution is -2.37. The van der Waals surface area contributed by atoms with Gasteiger partial charge in [0.05, 0.1) is 4.88 Å². The van der Waals surface area contributed by atoms with Crippen LogP contribution >= 0.6 is 23.1 Å². The summed E-state index contributed by atoms with van der Waals surface area (Å²) in [6.45, 7) is 1.72. The average Bonchev–Trinajstić information content (AvgIpc) is 2.65. The van der Waals surface area contributed by atoms with E-state index in [1.807, 2.05) is 22.0 Å². The van der Waals surface area contributed by atoms with Crippen LogP contribution in [0.5, 0.6) is 0 Å². The smallest absolute Gasteiger partial charge is 0.264 e. The van der Waals surface area contributed by atoms with Crippen molar-refractivity contribution in [1.29, 1.82) is 0 Å². The highest BCUT2D eigenvalue weighted by Crippen LogP contribution is 2.20. The Bertz CT molecular complexity index is 331. The summed E-state index contributed by atoms with van der Waals surface area (Å²) in [6.07, 6.45) is 0. The molecule has 1 saturated heterocycles. The lowest BCUT2D eigenvalue weighted by Gasteiger charge is -2.25. The van der Waals surface area contributed by atoms with Crippen molar-refractivity contribution in [3.05, 3.63) is 16.3 Å². The molecule has 0 bridgehead atoms. The van der Waals surface area contributed by atoms with E-state index in [1.54, 1.807) is 6.07 Å². The van der Waals surface area contributed by atoms with Gasteiger partial charge in [0.15, 0.2) is 0 Å². The molecule has 0 unspecified atom stereocenters. The monoisotopic (exact) mass is 228 g/mol. The summed E-state index contributed by atoms with van der Waals surface area (Å²) in [5.41, 5.74) is 6.27. The number of nitrogen functional groups attached to an aromatic ring is 1. The zero-order valence-electron chi connectivity index (χ0n) is 7.73. The Hall–Kier alpha value is -0.680. The summed E-state index contributed by atoms with van der Waals surface area (Å²) < 4.78 is 0. The van der Waals surface area contributed by atoms with E-state index in [2.05, 4.69) is 0 Å². The third kappa shape index (κ3) is 2.04. The van der Waals surface area contributed by atoms with Gasteiger partial charge in [-0.2, -0.15) is 11.8 Å². The van der Waals surface area contributed by atoms with Crippen molar-refractivity contribution in [1.82, 2.24) is 4.90 Å². The molecule has 1 amide bonds. The number of thioether (sulfide) groups is 1. The van der Waals surface area contributed by atoms with Gasteiger partial charge in [-0.05, 0) is 6.07 Å². The highest BCUT2D eigenvalue weighted by molar-refractivity contribution is 7.99. The van der Waals surface area contributed by atoms with Crippen molar-refractivity contribution in [3.8, 4) is 0 Å². The summed E-state index contributed by atoms with van der Waals surface area (Å²) >= 11 is 3.33. The van der Waals surface area contributed by atoms with E-state index >= 15 is 0 Å². The number of amides is 1. The zero-order valence-corrected chi connectivity index (χ0v) is 9.37. The maximum atomic E-state index is 11.9. The molecule has 1 aromatic heterocycles. The molecule has 2 N–H and O–H groups in total. The first-order valence-corrected chi connectivity index (χ1v) is 6.52. The van der Waals surface area contributed by atoms with Gasteiger partial charge in [0.25, 0.3) is 5.91 Å². The average molecular weight is 228 g/mol. The van der Waals surface area contributed by atoms with Crippen LogP contribution in [0.25, 0.3) is 0 Å². The molecule has 0 spiro atoms. The summed E-state index contributed by atoms with van der Waals surface area (Å²) in [5, 5.41) is 1.81. The highest BCUT2D eigenvalue weighted by Gasteiger charge is 2.19. The first kappa shape index (κ1) is 9.86. The molecular weight excluding hydrogens is 216 g/mol. The molecule has 3 nitrogen and oxygen atoms in total. The largest absolute Gasteiger partial charge is 0.398 e. The van der Waals surface area contributed by atoms with E-state index in [9.17, 15) is 4.79 Å². The van der Waals surface area contributed by atoms with Crippen LogP contribution in [0.15, 0.2) is 11.4 Å². The van der Waals surface area contributed by atoms with Crippen LogP contribution < -0.4 is 5.73 Å². The molecule has 2 rings (SSSR count). The van der Waals surface area contributed by atoms with Crippen molar-refractivity contribution >= 4 is 34.7 Å². The van der Waals surface area contributed by atoms with Crippen molar-refractivity contribution in [3.63, 3.8) is 0 Å². The molecule has 1 aliphatic heterocycles. The summed E-state index contributed by atoms with van der Waals surface area (Å²) in [5.74, 6) is 2.23. The van der Waals surface area contributed by atoms with E-state index in [1.165, 1.54) is 11.3 Å². The summed E-state index contributed by atoms with van der Waals surface area (Å²) in [7, 11) is 0. The molecule has 76 valence electrons. The van der Waals surface area contributed by atoms with Crippen molar-refractivity contribution in [2.24, 2.45) is 0 Å². The Labute approximate surface area is 91.3 Å². The number of rotatable bonds is 1. The van der Waals surface area contributed by atoms with Crippen molar-refractivity contribution in [2.75, 3.05) is 30.3 Å². The first-order chi connectivity index (χ1) is 6.77. The fourth-order valence-electron chi connectivity index (χ4n) is 1.39. The summed E-state index contributed by atoms with van der Waals surface area (Å²) in [6, 6.07) is 1.76. The molecule has 1 aromatic rings. The lowest BCUT2D eigenvalue weighted by molar-refractivity contribution is 0.0777. The summed E-state index contributed by atoms with van der Waals surface area (Å²) in [4.78, 5) is 14.5. The van der Waals surface area contributed by atoms with E-state index in [4.69, 9.17) is 5.73 Å². The standard InChI is InChI=1S/C9H12N2OS2/c10-7-5-8(14-6-7)9(12)11-1-3-13-4-2-11/h5-6H,1-4,10H2. The molecule has 2 heterocycles. The number of nitrogens with two attached hydrogens (primary N) is 1. The topological polar surface area (TPSA) is 46.3 Å². The number of anilines is 1. The van der Waals surface area contributed by atoms with Gasteiger partial charge in [-0.25, -0.2) is 0 Å². The number of carbonyl (C=O) groups excluding carboxylic acids is 1. The minimum atomic E-state index is 0.131. The Morgan fingerprint density at radius 2 is 2.14 bits per heavy atom. The Balaban J connectivity index is 2.07. The van der Waals surface area contributed by atoms with Gasteiger partial charge in [0.2, 0.25) is 0 Å². The molecule has 0 atom stereocenters. The van der Waals surface area contributed by atoms with Crippen LogP contribution in [0.3, 0.4) is 0 Å². The van der Waals surface area contributed by atoms with E-state index in [-0.39, 0.29) is 5.91 Å². The van der Waals surface area contributed by atoms with Crippen LogP contribution in [-0.4, -0.2) is 35.4 Å². The van der Waals surface area contributed by atoms with Crippen LogP contribution in [0.2, 0.25) is 0 Å². The Morgan fingerprint density at radius 3 is 2.71 bits per heavy atom. The minimum Gasteiger partial charge on any atom is -0.398 e. The molecule has 0 aliphatic carbocycles. The first-order valence-electron chi connectivity index (χ1n) is 4.48. The zero-order chi connectivity index (χ0) is 9.97. The number of hydrogen-bond acceptors (Lipinski definition) is 4. The molecule has 0 saturated carbocycles. The van der Waals surface area contributed by atoms with E-state index in [0.29, 0.717) is 5.69 Å².